The monoisotopic (exact) mass is 342 g/mol. The van der Waals surface area contributed by atoms with Crippen LogP contribution in [0.4, 0.5) is 10.6 Å². The lowest BCUT2D eigenvalue weighted by molar-refractivity contribution is -0.126. The van der Waals surface area contributed by atoms with E-state index in [1.807, 2.05) is 30.3 Å². The van der Waals surface area contributed by atoms with Crippen molar-refractivity contribution >= 4 is 17.8 Å². The summed E-state index contributed by atoms with van der Waals surface area (Å²) in [6.45, 7) is 0. The zero-order valence-electron chi connectivity index (χ0n) is 14.1. The SMILES string of the molecule is CNC(=O)[C@H]1CCCC[C@@H]1NC(=O)Nc1cc(-c2ccccc2)on1. The van der Waals surface area contributed by atoms with E-state index in [4.69, 9.17) is 4.52 Å². The molecule has 1 aliphatic carbocycles. The summed E-state index contributed by atoms with van der Waals surface area (Å²) in [6.07, 6.45) is 3.58. The van der Waals surface area contributed by atoms with Crippen LogP contribution in [0, 0.1) is 5.92 Å². The van der Waals surface area contributed by atoms with Gasteiger partial charge in [0.15, 0.2) is 11.6 Å². The molecule has 1 fully saturated rings. The van der Waals surface area contributed by atoms with E-state index < -0.39 is 0 Å². The predicted octanol–water partition coefficient (Wildman–Crippen LogP) is 2.77. The molecular formula is C18H22N4O3. The van der Waals surface area contributed by atoms with Gasteiger partial charge < -0.3 is 15.2 Å². The number of carbonyl (C=O) groups excluding carboxylic acids is 2. The number of rotatable bonds is 4. The average molecular weight is 342 g/mol. The van der Waals surface area contributed by atoms with Crippen molar-refractivity contribution in [3.63, 3.8) is 0 Å². The Bertz CT molecular complexity index is 729. The summed E-state index contributed by atoms with van der Waals surface area (Å²) in [4.78, 5) is 24.2. The molecular weight excluding hydrogens is 320 g/mol. The molecule has 0 saturated heterocycles. The lowest BCUT2D eigenvalue weighted by Crippen LogP contribution is -2.49. The minimum atomic E-state index is -0.381. The average Bonchev–Trinajstić information content (AvgIpc) is 3.10. The Hall–Kier alpha value is -2.83. The van der Waals surface area contributed by atoms with Crippen LogP contribution in [0.15, 0.2) is 40.9 Å². The van der Waals surface area contributed by atoms with E-state index in [1.165, 1.54) is 0 Å². The molecule has 2 aromatic rings. The third-order valence-corrected chi connectivity index (χ3v) is 4.48. The van der Waals surface area contributed by atoms with Crippen LogP contribution >= 0.6 is 0 Å². The maximum Gasteiger partial charge on any atom is 0.320 e. The van der Waals surface area contributed by atoms with E-state index in [2.05, 4.69) is 21.1 Å². The normalized spacial score (nSPS) is 19.9. The van der Waals surface area contributed by atoms with Gasteiger partial charge in [-0.3, -0.25) is 10.1 Å². The molecule has 0 unspecified atom stereocenters. The van der Waals surface area contributed by atoms with Crippen LogP contribution in [0.5, 0.6) is 0 Å². The zero-order valence-corrected chi connectivity index (χ0v) is 14.1. The molecule has 1 aliphatic rings. The van der Waals surface area contributed by atoms with Crippen molar-refractivity contribution in [1.82, 2.24) is 15.8 Å². The van der Waals surface area contributed by atoms with E-state index in [1.54, 1.807) is 13.1 Å². The quantitative estimate of drug-likeness (QED) is 0.796. The van der Waals surface area contributed by atoms with Gasteiger partial charge in [-0.1, -0.05) is 48.3 Å². The second kappa shape index (κ2) is 7.83. The molecule has 0 spiro atoms. The Balaban J connectivity index is 1.60. The first-order chi connectivity index (χ1) is 12.2. The molecule has 3 rings (SSSR count). The Kier molecular flexibility index (Phi) is 5.33. The molecule has 25 heavy (non-hydrogen) atoms. The maximum atomic E-state index is 12.2. The minimum Gasteiger partial charge on any atom is -0.359 e. The van der Waals surface area contributed by atoms with E-state index in [0.29, 0.717) is 11.6 Å². The van der Waals surface area contributed by atoms with Gasteiger partial charge in [0, 0.05) is 24.7 Å². The first kappa shape index (κ1) is 17.0. The van der Waals surface area contributed by atoms with Crippen molar-refractivity contribution in [2.75, 3.05) is 12.4 Å². The Morgan fingerprint density at radius 1 is 1.16 bits per heavy atom. The van der Waals surface area contributed by atoms with E-state index >= 15 is 0 Å². The van der Waals surface area contributed by atoms with Crippen molar-refractivity contribution in [2.24, 2.45) is 5.92 Å². The number of hydrogen-bond acceptors (Lipinski definition) is 4. The van der Waals surface area contributed by atoms with Crippen molar-refractivity contribution < 1.29 is 14.1 Å². The first-order valence-corrected chi connectivity index (χ1v) is 8.48. The van der Waals surface area contributed by atoms with Gasteiger partial charge in [-0.2, -0.15) is 0 Å². The summed E-state index contributed by atoms with van der Waals surface area (Å²) in [5.41, 5.74) is 0.885. The fourth-order valence-corrected chi connectivity index (χ4v) is 3.20. The van der Waals surface area contributed by atoms with Gasteiger partial charge in [0.25, 0.3) is 0 Å². The highest BCUT2D eigenvalue weighted by molar-refractivity contribution is 5.89. The highest BCUT2D eigenvalue weighted by Crippen LogP contribution is 2.25. The summed E-state index contributed by atoms with van der Waals surface area (Å²) < 4.78 is 5.26. The Morgan fingerprint density at radius 2 is 1.92 bits per heavy atom. The summed E-state index contributed by atoms with van der Waals surface area (Å²) in [6, 6.07) is 10.6. The van der Waals surface area contributed by atoms with Crippen molar-refractivity contribution in [3.8, 4) is 11.3 Å². The molecule has 7 nitrogen and oxygen atoms in total. The topological polar surface area (TPSA) is 96.3 Å². The third-order valence-electron chi connectivity index (χ3n) is 4.48. The number of amides is 3. The van der Waals surface area contributed by atoms with Crippen molar-refractivity contribution in [3.05, 3.63) is 36.4 Å². The van der Waals surface area contributed by atoms with Crippen molar-refractivity contribution in [2.45, 2.75) is 31.7 Å². The smallest absolute Gasteiger partial charge is 0.320 e. The zero-order chi connectivity index (χ0) is 17.6. The van der Waals surface area contributed by atoms with Gasteiger partial charge >= 0.3 is 6.03 Å². The Labute approximate surface area is 146 Å². The summed E-state index contributed by atoms with van der Waals surface area (Å²) in [7, 11) is 1.62. The van der Waals surface area contributed by atoms with E-state index in [9.17, 15) is 9.59 Å². The minimum absolute atomic E-state index is 0.0298. The highest BCUT2D eigenvalue weighted by Gasteiger charge is 2.31. The van der Waals surface area contributed by atoms with Crippen LogP contribution in [0.1, 0.15) is 25.7 Å². The molecule has 3 N–H and O–H groups in total. The van der Waals surface area contributed by atoms with Crippen LogP contribution in [0.2, 0.25) is 0 Å². The lowest BCUT2D eigenvalue weighted by Gasteiger charge is -2.30. The van der Waals surface area contributed by atoms with Crippen LogP contribution in [0.3, 0.4) is 0 Å². The molecule has 7 heteroatoms. The molecule has 2 atom stereocenters. The number of urea groups is 1. The van der Waals surface area contributed by atoms with E-state index in [-0.39, 0.29) is 23.9 Å². The number of hydrogen-bond donors (Lipinski definition) is 3. The number of carbonyl (C=O) groups is 2. The maximum absolute atomic E-state index is 12.2. The van der Waals surface area contributed by atoms with Gasteiger partial charge in [-0.05, 0) is 12.8 Å². The van der Waals surface area contributed by atoms with Gasteiger partial charge in [0.2, 0.25) is 5.91 Å². The van der Waals surface area contributed by atoms with Crippen LogP contribution in [0.25, 0.3) is 11.3 Å². The molecule has 0 bridgehead atoms. The molecule has 0 radical (unpaired) electrons. The predicted molar refractivity (Wildman–Crippen MR) is 93.9 cm³/mol. The summed E-state index contributed by atoms with van der Waals surface area (Å²) in [5.74, 6) is 0.694. The standard InChI is InChI=1S/C18H22N4O3/c1-19-17(23)13-9-5-6-10-14(13)20-18(24)21-16-11-15(25-22-16)12-7-3-2-4-8-12/h2-4,7-8,11,13-14H,5-6,9-10H2,1H3,(H,19,23)(H2,20,21,22,24)/t13-,14-/m0/s1. The first-order valence-electron chi connectivity index (χ1n) is 8.48. The van der Waals surface area contributed by atoms with Crippen molar-refractivity contribution in [1.29, 1.82) is 0 Å². The molecule has 1 aromatic carbocycles. The number of nitrogens with one attached hydrogen (secondary N) is 3. The number of nitrogens with zero attached hydrogens (tertiary/aromatic N) is 1. The van der Waals surface area contributed by atoms with Gasteiger partial charge in [-0.25, -0.2) is 4.79 Å². The molecule has 3 amide bonds. The van der Waals surface area contributed by atoms with E-state index in [0.717, 1.165) is 31.2 Å². The third kappa shape index (κ3) is 4.17. The fourth-order valence-electron chi connectivity index (χ4n) is 3.20. The summed E-state index contributed by atoms with van der Waals surface area (Å²) in [5, 5.41) is 12.1. The second-order valence-corrected chi connectivity index (χ2v) is 6.15. The second-order valence-electron chi connectivity index (χ2n) is 6.15. The van der Waals surface area contributed by atoms with Crippen LogP contribution < -0.4 is 16.0 Å². The Morgan fingerprint density at radius 3 is 2.68 bits per heavy atom. The highest BCUT2D eigenvalue weighted by atomic mass is 16.5. The molecule has 1 heterocycles. The van der Waals surface area contributed by atoms with Gasteiger partial charge in [-0.15, -0.1) is 0 Å². The largest absolute Gasteiger partial charge is 0.359 e. The molecule has 1 saturated carbocycles. The van der Waals surface area contributed by atoms with Gasteiger partial charge in [0.1, 0.15) is 0 Å². The van der Waals surface area contributed by atoms with Crippen LogP contribution in [-0.4, -0.2) is 30.2 Å². The van der Waals surface area contributed by atoms with Crippen LogP contribution in [-0.2, 0) is 4.79 Å². The lowest BCUT2D eigenvalue weighted by atomic mass is 9.84. The molecule has 1 aromatic heterocycles. The van der Waals surface area contributed by atoms with Gasteiger partial charge in [0.05, 0.1) is 5.92 Å². The summed E-state index contributed by atoms with van der Waals surface area (Å²) >= 11 is 0. The number of anilines is 1. The number of benzene rings is 1. The molecule has 0 aliphatic heterocycles. The molecule has 132 valence electrons. The number of aromatic nitrogens is 1. The fraction of sp³-hybridized carbons (Fsp3) is 0.389.